The zero-order valence-corrected chi connectivity index (χ0v) is 11.4. The maximum absolute atomic E-state index is 13.5. The molecule has 2 rings (SSSR count). The molecule has 104 valence electrons. The third kappa shape index (κ3) is 2.77. The zero-order valence-electron chi connectivity index (χ0n) is 11.4. The number of aromatic nitrogens is 1. The lowest BCUT2D eigenvalue weighted by atomic mass is 10.1. The van der Waals surface area contributed by atoms with Gasteiger partial charge in [0.05, 0.1) is 5.69 Å². The van der Waals surface area contributed by atoms with Gasteiger partial charge >= 0.3 is 5.97 Å². The summed E-state index contributed by atoms with van der Waals surface area (Å²) in [6.45, 7) is 4.97. The Morgan fingerprint density at radius 2 is 1.95 bits per heavy atom. The van der Waals surface area contributed by atoms with E-state index in [0.717, 1.165) is 0 Å². The average Bonchev–Trinajstić information content (AvgIpc) is 2.32. The summed E-state index contributed by atoms with van der Waals surface area (Å²) in [4.78, 5) is 15.4. The van der Waals surface area contributed by atoms with E-state index in [-0.39, 0.29) is 17.1 Å². The molecule has 0 spiro atoms. The van der Waals surface area contributed by atoms with E-state index in [9.17, 15) is 14.3 Å². The van der Waals surface area contributed by atoms with Gasteiger partial charge in [-0.15, -0.1) is 0 Å². The number of rotatable bonds is 3. The van der Waals surface area contributed by atoms with Crippen molar-refractivity contribution in [3.05, 3.63) is 52.6 Å². The van der Waals surface area contributed by atoms with Crippen molar-refractivity contribution in [2.75, 3.05) is 0 Å². The number of benzene rings is 1. The smallest absolute Gasteiger partial charge is 0.341 e. The molecule has 1 aromatic carbocycles. The van der Waals surface area contributed by atoms with Gasteiger partial charge in [-0.3, -0.25) is 4.98 Å². The maximum atomic E-state index is 13.5. The van der Waals surface area contributed by atoms with Crippen molar-refractivity contribution in [2.24, 2.45) is 0 Å². The Balaban J connectivity index is 2.47. The van der Waals surface area contributed by atoms with E-state index in [1.54, 1.807) is 32.9 Å². The number of carbonyl (C=O) groups is 1. The van der Waals surface area contributed by atoms with Crippen molar-refractivity contribution in [3.63, 3.8) is 0 Å². The first kappa shape index (κ1) is 14.0. The third-order valence-corrected chi connectivity index (χ3v) is 2.88. The van der Waals surface area contributed by atoms with Crippen molar-refractivity contribution in [3.8, 4) is 11.5 Å². The number of ether oxygens (including phenoxy) is 1. The summed E-state index contributed by atoms with van der Waals surface area (Å²) < 4.78 is 19.0. The van der Waals surface area contributed by atoms with Gasteiger partial charge in [-0.2, -0.15) is 0 Å². The number of aromatic carboxylic acids is 1. The first-order valence-electron chi connectivity index (χ1n) is 6.04. The molecule has 1 aromatic heterocycles. The Bertz CT molecular complexity index is 683. The topological polar surface area (TPSA) is 59.4 Å². The minimum absolute atomic E-state index is 0.0171. The molecule has 1 N–H and O–H groups in total. The Kier molecular flexibility index (Phi) is 3.70. The lowest BCUT2D eigenvalue weighted by molar-refractivity contribution is 0.0693. The predicted octanol–water partition coefficient (Wildman–Crippen LogP) is 3.64. The monoisotopic (exact) mass is 275 g/mol. The zero-order chi connectivity index (χ0) is 14.9. The van der Waals surface area contributed by atoms with E-state index >= 15 is 0 Å². The molecule has 0 saturated carbocycles. The number of nitrogens with zero attached hydrogens (tertiary/aromatic N) is 1. The van der Waals surface area contributed by atoms with Crippen LogP contribution < -0.4 is 4.74 Å². The highest BCUT2D eigenvalue weighted by atomic mass is 19.1. The van der Waals surface area contributed by atoms with Crippen LogP contribution in [0.3, 0.4) is 0 Å². The van der Waals surface area contributed by atoms with E-state index < -0.39 is 11.8 Å². The van der Waals surface area contributed by atoms with Gasteiger partial charge in [-0.1, -0.05) is 6.07 Å². The van der Waals surface area contributed by atoms with Crippen LogP contribution in [-0.2, 0) is 0 Å². The van der Waals surface area contributed by atoms with Crippen LogP contribution in [0.1, 0.15) is 27.3 Å². The fourth-order valence-electron chi connectivity index (χ4n) is 1.90. The molecule has 0 aliphatic rings. The highest BCUT2D eigenvalue weighted by Gasteiger charge is 2.17. The summed E-state index contributed by atoms with van der Waals surface area (Å²) in [7, 11) is 0. The van der Waals surface area contributed by atoms with Crippen molar-refractivity contribution >= 4 is 5.97 Å². The Hall–Kier alpha value is -2.43. The molecule has 0 amide bonds. The van der Waals surface area contributed by atoms with Gasteiger partial charge in [0.1, 0.15) is 22.9 Å². The summed E-state index contributed by atoms with van der Waals surface area (Å²) in [6, 6.07) is 5.92. The van der Waals surface area contributed by atoms with E-state index in [2.05, 4.69) is 4.98 Å². The number of halogens is 1. The highest BCUT2D eigenvalue weighted by molar-refractivity contribution is 5.92. The van der Waals surface area contributed by atoms with Gasteiger partial charge in [0.2, 0.25) is 0 Å². The van der Waals surface area contributed by atoms with Gasteiger partial charge in [-0.05, 0) is 32.4 Å². The molecule has 0 aliphatic heterocycles. The number of hydrogen-bond acceptors (Lipinski definition) is 3. The van der Waals surface area contributed by atoms with Gasteiger partial charge in [0.25, 0.3) is 0 Å². The van der Waals surface area contributed by atoms with Crippen molar-refractivity contribution in [1.82, 2.24) is 4.98 Å². The van der Waals surface area contributed by atoms with Crippen molar-refractivity contribution in [1.29, 1.82) is 0 Å². The van der Waals surface area contributed by atoms with Crippen LogP contribution in [0.4, 0.5) is 4.39 Å². The Morgan fingerprint density at radius 3 is 2.55 bits per heavy atom. The van der Waals surface area contributed by atoms with Crippen LogP contribution in [0, 0.1) is 26.6 Å². The van der Waals surface area contributed by atoms with E-state index in [1.165, 1.54) is 12.1 Å². The van der Waals surface area contributed by atoms with E-state index in [1.807, 2.05) is 0 Å². The molecule has 0 aliphatic carbocycles. The standard InChI is InChI=1S/C15H14FNO3/c1-8-4-5-11(7-12(8)16)20-13-6-9(2)17-10(3)14(13)15(18)19/h4-7H,1-3H3,(H,18,19). The Labute approximate surface area is 115 Å². The van der Waals surface area contributed by atoms with Gasteiger partial charge in [0.15, 0.2) is 0 Å². The van der Waals surface area contributed by atoms with Crippen molar-refractivity contribution < 1.29 is 19.0 Å². The molecule has 0 saturated heterocycles. The van der Waals surface area contributed by atoms with Gasteiger partial charge in [0, 0.05) is 17.8 Å². The van der Waals surface area contributed by atoms with Crippen molar-refractivity contribution in [2.45, 2.75) is 20.8 Å². The molecule has 1 heterocycles. The van der Waals surface area contributed by atoms with Crippen LogP contribution in [0.5, 0.6) is 11.5 Å². The fraction of sp³-hybridized carbons (Fsp3) is 0.200. The number of aryl methyl sites for hydroxylation is 3. The predicted molar refractivity (Wildman–Crippen MR) is 71.9 cm³/mol. The molecule has 0 fully saturated rings. The molecule has 4 nitrogen and oxygen atoms in total. The van der Waals surface area contributed by atoms with Crippen LogP contribution in [0.15, 0.2) is 24.3 Å². The van der Waals surface area contributed by atoms with E-state index in [4.69, 9.17) is 4.74 Å². The average molecular weight is 275 g/mol. The Morgan fingerprint density at radius 1 is 1.25 bits per heavy atom. The van der Waals surface area contributed by atoms with E-state index in [0.29, 0.717) is 17.0 Å². The SMILES string of the molecule is Cc1cc(Oc2ccc(C)c(F)c2)c(C(=O)O)c(C)n1. The minimum atomic E-state index is -1.13. The third-order valence-electron chi connectivity index (χ3n) is 2.88. The number of carboxylic acid groups (broad SMARTS) is 1. The molecule has 0 radical (unpaired) electrons. The first-order chi connectivity index (χ1) is 9.38. The quantitative estimate of drug-likeness (QED) is 0.929. The van der Waals surface area contributed by atoms with Crippen LogP contribution in [-0.4, -0.2) is 16.1 Å². The molecule has 0 atom stereocenters. The molecule has 20 heavy (non-hydrogen) atoms. The lowest BCUT2D eigenvalue weighted by Crippen LogP contribution is -2.06. The van der Waals surface area contributed by atoms with Gasteiger partial charge in [-0.25, -0.2) is 9.18 Å². The summed E-state index contributed by atoms with van der Waals surface area (Å²) in [5.74, 6) is -1.12. The first-order valence-corrected chi connectivity index (χ1v) is 6.04. The second-order valence-electron chi connectivity index (χ2n) is 4.54. The summed E-state index contributed by atoms with van der Waals surface area (Å²) in [5, 5.41) is 9.22. The summed E-state index contributed by atoms with van der Waals surface area (Å²) in [6.07, 6.45) is 0. The lowest BCUT2D eigenvalue weighted by Gasteiger charge is -2.12. The minimum Gasteiger partial charge on any atom is -0.477 e. The highest BCUT2D eigenvalue weighted by Crippen LogP contribution is 2.28. The molecular formula is C15H14FNO3. The molecule has 0 bridgehead atoms. The van der Waals surface area contributed by atoms with Gasteiger partial charge < -0.3 is 9.84 Å². The normalized spacial score (nSPS) is 10.4. The number of carboxylic acids is 1. The summed E-state index contributed by atoms with van der Waals surface area (Å²) >= 11 is 0. The molecular weight excluding hydrogens is 261 g/mol. The fourth-order valence-corrected chi connectivity index (χ4v) is 1.90. The molecule has 5 heteroatoms. The van der Waals surface area contributed by atoms with Crippen LogP contribution in [0.25, 0.3) is 0 Å². The van der Waals surface area contributed by atoms with Crippen LogP contribution in [0.2, 0.25) is 0 Å². The second-order valence-corrected chi connectivity index (χ2v) is 4.54. The molecule has 0 unspecified atom stereocenters. The number of pyridine rings is 1. The number of hydrogen-bond donors (Lipinski definition) is 1. The molecule has 2 aromatic rings. The largest absolute Gasteiger partial charge is 0.477 e. The maximum Gasteiger partial charge on any atom is 0.341 e. The summed E-state index contributed by atoms with van der Waals surface area (Å²) in [5.41, 5.74) is 1.48. The van der Waals surface area contributed by atoms with Crippen LogP contribution >= 0.6 is 0 Å². The second kappa shape index (κ2) is 5.28.